The quantitative estimate of drug-likeness (QED) is 0.758. The predicted octanol–water partition coefficient (Wildman–Crippen LogP) is 1.97. The summed E-state index contributed by atoms with van der Waals surface area (Å²) in [7, 11) is 0. The molecule has 0 aliphatic rings. The second-order valence-corrected chi connectivity index (χ2v) is 3.07. The van der Waals surface area contributed by atoms with E-state index in [1.165, 1.54) is 0 Å². The van der Waals surface area contributed by atoms with E-state index in [2.05, 4.69) is 27.6 Å². The maximum absolute atomic E-state index is 4.35. The van der Waals surface area contributed by atoms with Crippen LogP contribution in [0.2, 0.25) is 0 Å². The van der Waals surface area contributed by atoms with Crippen molar-refractivity contribution >= 4 is 12.6 Å². The lowest BCUT2D eigenvalue weighted by molar-refractivity contribution is 1.04. The maximum Gasteiger partial charge on any atom is 0.138 e. The van der Waals surface area contributed by atoms with Crippen molar-refractivity contribution in [2.24, 2.45) is 0 Å². The summed E-state index contributed by atoms with van der Waals surface area (Å²) in [6.07, 6.45) is 5.24. The largest absolute Gasteiger partial charge is 0.265 e. The van der Waals surface area contributed by atoms with Gasteiger partial charge in [0.1, 0.15) is 5.82 Å². The van der Waals surface area contributed by atoms with Crippen LogP contribution in [0.1, 0.15) is 5.82 Å². The first kappa shape index (κ1) is 9.15. The SMILES string of the molecule is SCc1nccc(-c2ccncc2)n1. The number of hydrogen-bond donors (Lipinski definition) is 1. The van der Waals surface area contributed by atoms with Crippen molar-refractivity contribution in [1.82, 2.24) is 15.0 Å². The normalized spacial score (nSPS) is 10.1. The molecule has 0 amide bonds. The molecule has 70 valence electrons. The van der Waals surface area contributed by atoms with Gasteiger partial charge in [-0.05, 0) is 18.2 Å². The van der Waals surface area contributed by atoms with Crippen LogP contribution >= 0.6 is 12.6 Å². The fraction of sp³-hybridized carbons (Fsp3) is 0.100. The van der Waals surface area contributed by atoms with Gasteiger partial charge in [-0.2, -0.15) is 12.6 Å². The summed E-state index contributed by atoms with van der Waals surface area (Å²) < 4.78 is 0. The van der Waals surface area contributed by atoms with Crippen LogP contribution in [0.5, 0.6) is 0 Å². The minimum absolute atomic E-state index is 0.554. The van der Waals surface area contributed by atoms with E-state index < -0.39 is 0 Å². The van der Waals surface area contributed by atoms with Crippen LogP contribution in [0.4, 0.5) is 0 Å². The lowest BCUT2D eigenvalue weighted by Gasteiger charge is -2.00. The van der Waals surface area contributed by atoms with Crippen molar-refractivity contribution in [3.05, 3.63) is 42.6 Å². The summed E-state index contributed by atoms with van der Waals surface area (Å²) in [5.74, 6) is 1.29. The number of nitrogens with zero attached hydrogens (tertiary/aromatic N) is 3. The van der Waals surface area contributed by atoms with Crippen LogP contribution in [-0.4, -0.2) is 15.0 Å². The topological polar surface area (TPSA) is 38.7 Å². The summed E-state index contributed by atoms with van der Waals surface area (Å²) in [5.41, 5.74) is 1.96. The highest BCUT2D eigenvalue weighted by molar-refractivity contribution is 7.79. The van der Waals surface area contributed by atoms with Crippen molar-refractivity contribution < 1.29 is 0 Å². The summed E-state index contributed by atoms with van der Waals surface area (Å²) in [4.78, 5) is 12.4. The molecule has 2 rings (SSSR count). The van der Waals surface area contributed by atoms with Gasteiger partial charge in [-0.1, -0.05) is 0 Å². The predicted molar refractivity (Wildman–Crippen MR) is 58.0 cm³/mol. The molecular weight excluding hydrogens is 194 g/mol. The van der Waals surface area contributed by atoms with Crippen LogP contribution in [0.3, 0.4) is 0 Å². The van der Waals surface area contributed by atoms with Gasteiger partial charge in [0.2, 0.25) is 0 Å². The Kier molecular flexibility index (Phi) is 2.74. The zero-order valence-electron chi connectivity index (χ0n) is 7.46. The van der Waals surface area contributed by atoms with Crippen LogP contribution < -0.4 is 0 Å². The zero-order chi connectivity index (χ0) is 9.80. The van der Waals surface area contributed by atoms with Crippen molar-refractivity contribution in [1.29, 1.82) is 0 Å². The highest BCUT2D eigenvalue weighted by atomic mass is 32.1. The summed E-state index contributed by atoms with van der Waals surface area (Å²) in [6, 6.07) is 5.72. The summed E-state index contributed by atoms with van der Waals surface area (Å²) in [6.45, 7) is 0. The molecule has 2 aromatic heterocycles. The number of aromatic nitrogens is 3. The third-order valence-electron chi connectivity index (χ3n) is 1.82. The van der Waals surface area contributed by atoms with E-state index in [0.717, 1.165) is 17.1 Å². The molecule has 0 saturated heterocycles. The molecule has 14 heavy (non-hydrogen) atoms. The molecule has 0 radical (unpaired) electrons. The van der Waals surface area contributed by atoms with Crippen LogP contribution in [0.15, 0.2) is 36.8 Å². The fourth-order valence-corrected chi connectivity index (χ4v) is 1.31. The van der Waals surface area contributed by atoms with Crippen LogP contribution in [0, 0.1) is 0 Å². The van der Waals surface area contributed by atoms with Crippen LogP contribution in [-0.2, 0) is 5.75 Å². The average Bonchev–Trinajstić information content (AvgIpc) is 2.30. The Morgan fingerprint density at radius 2 is 1.86 bits per heavy atom. The van der Waals surface area contributed by atoms with Gasteiger partial charge >= 0.3 is 0 Å². The van der Waals surface area contributed by atoms with Crippen molar-refractivity contribution in [2.45, 2.75) is 5.75 Å². The Hall–Kier alpha value is -1.42. The number of pyridine rings is 1. The molecule has 2 heterocycles. The number of hydrogen-bond acceptors (Lipinski definition) is 4. The lowest BCUT2D eigenvalue weighted by atomic mass is 10.2. The third kappa shape index (κ3) is 1.90. The minimum atomic E-state index is 0.554. The van der Waals surface area contributed by atoms with Gasteiger partial charge < -0.3 is 0 Å². The van der Waals surface area contributed by atoms with Gasteiger partial charge in [0, 0.05) is 24.2 Å². The summed E-state index contributed by atoms with van der Waals surface area (Å²) >= 11 is 4.13. The molecule has 0 aromatic carbocycles. The Balaban J connectivity index is 2.42. The fourth-order valence-electron chi connectivity index (χ4n) is 1.16. The van der Waals surface area contributed by atoms with Crippen molar-refractivity contribution in [2.75, 3.05) is 0 Å². The molecule has 2 aromatic rings. The Labute approximate surface area is 87.7 Å². The molecular formula is C10H9N3S. The zero-order valence-corrected chi connectivity index (χ0v) is 8.35. The molecule has 0 aliphatic carbocycles. The Morgan fingerprint density at radius 1 is 1.07 bits per heavy atom. The van der Waals surface area contributed by atoms with Gasteiger partial charge in [0.15, 0.2) is 0 Å². The lowest BCUT2D eigenvalue weighted by Crippen LogP contribution is -1.92. The minimum Gasteiger partial charge on any atom is -0.265 e. The first-order chi connectivity index (χ1) is 6.90. The smallest absolute Gasteiger partial charge is 0.138 e. The van der Waals surface area contributed by atoms with Crippen LogP contribution in [0.25, 0.3) is 11.3 Å². The van der Waals surface area contributed by atoms with E-state index in [4.69, 9.17) is 0 Å². The number of rotatable bonds is 2. The molecule has 0 N–H and O–H groups in total. The van der Waals surface area contributed by atoms with E-state index in [1.807, 2.05) is 18.2 Å². The second-order valence-electron chi connectivity index (χ2n) is 2.75. The molecule has 0 unspecified atom stereocenters. The molecule has 4 heteroatoms. The molecule has 0 spiro atoms. The van der Waals surface area contributed by atoms with Gasteiger partial charge in [-0.15, -0.1) is 0 Å². The van der Waals surface area contributed by atoms with Gasteiger partial charge in [-0.25, -0.2) is 9.97 Å². The Bertz CT molecular complexity index is 417. The molecule has 0 atom stereocenters. The van der Waals surface area contributed by atoms with E-state index in [9.17, 15) is 0 Å². The molecule has 0 aliphatic heterocycles. The van der Waals surface area contributed by atoms with E-state index in [0.29, 0.717) is 5.75 Å². The van der Waals surface area contributed by atoms with E-state index in [1.54, 1.807) is 18.6 Å². The first-order valence-corrected chi connectivity index (χ1v) is 4.86. The van der Waals surface area contributed by atoms with Gasteiger partial charge in [0.25, 0.3) is 0 Å². The summed E-state index contributed by atoms with van der Waals surface area (Å²) in [5, 5.41) is 0. The van der Waals surface area contributed by atoms with Crippen molar-refractivity contribution in [3.63, 3.8) is 0 Å². The van der Waals surface area contributed by atoms with Gasteiger partial charge in [-0.3, -0.25) is 4.98 Å². The number of thiol groups is 1. The monoisotopic (exact) mass is 203 g/mol. The highest BCUT2D eigenvalue weighted by Crippen LogP contribution is 2.14. The van der Waals surface area contributed by atoms with E-state index in [-0.39, 0.29) is 0 Å². The van der Waals surface area contributed by atoms with Gasteiger partial charge in [0.05, 0.1) is 11.4 Å². The maximum atomic E-state index is 4.35. The standard InChI is InChI=1S/C10H9N3S/c14-7-10-12-6-3-9(13-10)8-1-4-11-5-2-8/h1-6,14H,7H2. The molecule has 0 bridgehead atoms. The highest BCUT2D eigenvalue weighted by Gasteiger charge is 1.99. The average molecular weight is 203 g/mol. The first-order valence-electron chi connectivity index (χ1n) is 4.23. The third-order valence-corrected chi connectivity index (χ3v) is 2.11. The van der Waals surface area contributed by atoms with E-state index >= 15 is 0 Å². The second kappa shape index (κ2) is 4.19. The molecule has 0 saturated carbocycles. The molecule has 0 fully saturated rings. The molecule has 3 nitrogen and oxygen atoms in total. The van der Waals surface area contributed by atoms with Crippen molar-refractivity contribution in [3.8, 4) is 11.3 Å². The Morgan fingerprint density at radius 3 is 2.57 bits per heavy atom.